The normalized spacial score (nSPS) is 17.1. The average Bonchev–Trinajstić information content (AvgIpc) is 3.13. The van der Waals surface area contributed by atoms with Gasteiger partial charge in [0.05, 0.1) is 6.54 Å². The van der Waals surface area contributed by atoms with Crippen LogP contribution in [-0.4, -0.2) is 117 Å². The number of piperazine rings is 2. The van der Waals surface area contributed by atoms with Crippen LogP contribution in [0.5, 0.6) is 0 Å². The molecule has 2 aliphatic heterocycles. The van der Waals surface area contributed by atoms with E-state index in [4.69, 9.17) is 37.4 Å². The number of nitrogens with one attached hydrogen (secondary N) is 3. The van der Waals surface area contributed by atoms with E-state index >= 15 is 0 Å². The number of benzene rings is 1. The Morgan fingerprint density at radius 1 is 0.696 bits per heavy atom. The van der Waals surface area contributed by atoms with Crippen molar-refractivity contribution in [2.75, 3.05) is 49.9 Å². The second-order valence-corrected chi connectivity index (χ2v) is 15.6. The summed E-state index contributed by atoms with van der Waals surface area (Å²) in [5.74, 6) is -0.180. The number of pyridine rings is 2. The highest BCUT2D eigenvalue weighted by atomic mass is 35.5. The van der Waals surface area contributed by atoms with E-state index in [-0.39, 0.29) is 49.7 Å². The van der Waals surface area contributed by atoms with Gasteiger partial charge in [0.2, 0.25) is 11.8 Å². The highest BCUT2D eigenvalue weighted by molar-refractivity contribution is 6.29. The van der Waals surface area contributed by atoms with Crippen molar-refractivity contribution in [3.63, 3.8) is 0 Å². The molecular weight excluding hydrogens is 767 g/mol. The largest absolute Gasteiger partial charge is 0.445 e. The van der Waals surface area contributed by atoms with E-state index < -0.39 is 47.5 Å². The number of ether oxygens (including phenoxy) is 3. The van der Waals surface area contributed by atoms with Crippen LogP contribution >= 0.6 is 23.2 Å². The Kier molecular flexibility index (Phi) is 15.2. The van der Waals surface area contributed by atoms with Gasteiger partial charge in [-0.3, -0.25) is 14.5 Å². The van der Waals surface area contributed by atoms with Gasteiger partial charge >= 0.3 is 18.3 Å². The predicted molar refractivity (Wildman–Crippen MR) is 210 cm³/mol. The molecule has 2 atom stereocenters. The Morgan fingerprint density at radius 3 is 1.77 bits per heavy atom. The predicted octanol–water partition coefficient (Wildman–Crippen LogP) is 5.81. The molecule has 1 aromatic carbocycles. The first-order chi connectivity index (χ1) is 26.4. The molecule has 0 spiro atoms. The minimum absolute atomic E-state index is 0.0538. The molecule has 56 heavy (non-hydrogen) atoms. The number of amides is 5. The summed E-state index contributed by atoms with van der Waals surface area (Å²) >= 11 is 11.7. The van der Waals surface area contributed by atoms with E-state index in [2.05, 4.69) is 25.9 Å². The lowest BCUT2D eigenvalue weighted by molar-refractivity contribution is -0.123. The molecule has 3 aromatic rings. The number of aromatic nitrogens is 2. The molecule has 2 aliphatic rings. The Hall–Kier alpha value is -5.19. The number of rotatable bonds is 6. The number of nitrogens with zero attached hydrogens (tertiary/aromatic N) is 5. The Labute approximate surface area is 336 Å². The van der Waals surface area contributed by atoms with Gasteiger partial charge in [0.1, 0.15) is 51.8 Å². The molecule has 4 heterocycles. The van der Waals surface area contributed by atoms with E-state index in [0.29, 0.717) is 24.1 Å². The van der Waals surface area contributed by atoms with E-state index in [0.717, 1.165) is 5.56 Å². The number of carbonyl (C=O) groups excluding carboxylic acids is 5. The zero-order chi connectivity index (χ0) is 41.0. The van der Waals surface area contributed by atoms with Crippen molar-refractivity contribution in [2.24, 2.45) is 0 Å². The van der Waals surface area contributed by atoms with Crippen LogP contribution in [0.3, 0.4) is 0 Å². The molecular formula is C38H48Cl2N8O8. The number of carbonyl (C=O) groups is 5. The van der Waals surface area contributed by atoms with Crippen LogP contribution in [0.25, 0.3) is 0 Å². The molecule has 5 amide bonds. The topological polar surface area (TPSA) is 185 Å². The zero-order valence-corrected chi connectivity index (χ0v) is 33.7. The highest BCUT2D eigenvalue weighted by Crippen LogP contribution is 2.19. The Balaban J connectivity index is 0.000000265. The van der Waals surface area contributed by atoms with Crippen molar-refractivity contribution in [1.29, 1.82) is 0 Å². The first kappa shape index (κ1) is 43.5. The summed E-state index contributed by atoms with van der Waals surface area (Å²) in [7, 11) is 0. The first-order valence-electron chi connectivity index (χ1n) is 17.9. The van der Waals surface area contributed by atoms with Crippen LogP contribution in [0.15, 0.2) is 66.7 Å². The lowest BCUT2D eigenvalue weighted by Gasteiger charge is -2.40. The standard InChI is InChI=1S/C23H27ClN4O5.C15H21ClN4O3/c1-23(2,3)33-21(30)27-12-13-28(22(31)32-15-16-8-5-4-6-9-16)17(14-27)20(29)26-19-11-7-10-18(24)25-19;1-15(2,3)23-14(22)20-8-7-17-10(9-20)13(21)19-12-6-4-5-11(16)18-12/h4-11,17H,12-15H2,1-3H3,(H,25,26,29);4-6,10,17H,7-9H2,1-3H3,(H,18,19,21)/t17-;10-/m00/s1. The molecule has 2 aromatic heterocycles. The quantitative estimate of drug-likeness (QED) is 0.202. The maximum absolute atomic E-state index is 13.1. The maximum atomic E-state index is 13.1. The zero-order valence-electron chi connectivity index (χ0n) is 32.2. The summed E-state index contributed by atoms with van der Waals surface area (Å²) in [5.41, 5.74) is -0.433. The van der Waals surface area contributed by atoms with Gasteiger partial charge in [-0.1, -0.05) is 65.7 Å². The molecule has 5 rings (SSSR count). The third kappa shape index (κ3) is 14.1. The van der Waals surface area contributed by atoms with E-state index in [1.165, 1.54) is 14.7 Å². The second kappa shape index (κ2) is 19.6. The van der Waals surface area contributed by atoms with Crippen LogP contribution in [0, 0.1) is 0 Å². The molecule has 18 heteroatoms. The lowest BCUT2D eigenvalue weighted by Crippen LogP contribution is -2.61. The molecule has 0 radical (unpaired) electrons. The fraction of sp³-hybridized carbons (Fsp3) is 0.447. The van der Waals surface area contributed by atoms with Gasteiger partial charge in [0.15, 0.2) is 0 Å². The van der Waals surface area contributed by atoms with Gasteiger partial charge in [-0.05, 0) is 71.4 Å². The second-order valence-electron chi connectivity index (χ2n) is 14.8. The molecule has 302 valence electrons. The minimum atomic E-state index is -1.00. The van der Waals surface area contributed by atoms with E-state index in [1.54, 1.807) is 57.2 Å². The van der Waals surface area contributed by atoms with Crippen molar-refractivity contribution in [2.45, 2.75) is 71.4 Å². The molecule has 0 bridgehead atoms. The van der Waals surface area contributed by atoms with Gasteiger partial charge < -0.3 is 40.0 Å². The van der Waals surface area contributed by atoms with Gasteiger partial charge in [-0.25, -0.2) is 24.4 Å². The average molecular weight is 816 g/mol. The van der Waals surface area contributed by atoms with Crippen LogP contribution in [0.4, 0.5) is 26.0 Å². The van der Waals surface area contributed by atoms with Gasteiger partial charge in [0, 0.05) is 32.7 Å². The summed E-state index contributed by atoms with van der Waals surface area (Å²) in [4.78, 5) is 75.2. The summed E-state index contributed by atoms with van der Waals surface area (Å²) in [6.45, 7) is 12.3. The molecule has 2 saturated heterocycles. The molecule has 0 saturated carbocycles. The van der Waals surface area contributed by atoms with Crippen molar-refractivity contribution in [3.8, 4) is 0 Å². The third-order valence-corrected chi connectivity index (χ3v) is 8.27. The number of hydrogen-bond donors (Lipinski definition) is 3. The third-order valence-electron chi connectivity index (χ3n) is 7.85. The smallest absolute Gasteiger partial charge is 0.410 e. The van der Waals surface area contributed by atoms with Crippen molar-refractivity contribution in [3.05, 3.63) is 82.6 Å². The first-order valence-corrected chi connectivity index (χ1v) is 18.7. The molecule has 16 nitrogen and oxygen atoms in total. The van der Waals surface area contributed by atoms with E-state index in [1.807, 2.05) is 51.1 Å². The molecule has 3 N–H and O–H groups in total. The minimum Gasteiger partial charge on any atom is -0.445 e. The van der Waals surface area contributed by atoms with Crippen LogP contribution in [0.2, 0.25) is 10.3 Å². The highest BCUT2D eigenvalue weighted by Gasteiger charge is 2.39. The SMILES string of the molecule is CC(C)(C)OC(=O)N1CCN(C(=O)OCc2ccccc2)[C@H](C(=O)Nc2cccc(Cl)n2)C1.CC(C)(C)OC(=O)N1CCN[C@H](C(=O)Nc2cccc(Cl)n2)C1. The Bertz CT molecular complexity index is 1840. The molecule has 0 aliphatic carbocycles. The van der Waals surface area contributed by atoms with Gasteiger partial charge in [-0.15, -0.1) is 0 Å². The fourth-order valence-electron chi connectivity index (χ4n) is 5.32. The van der Waals surface area contributed by atoms with Crippen molar-refractivity contribution >= 4 is 64.9 Å². The molecule has 0 unspecified atom stereocenters. The van der Waals surface area contributed by atoms with Crippen molar-refractivity contribution < 1.29 is 38.2 Å². The maximum Gasteiger partial charge on any atom is 0.410 e. The van der Waals surface area contributed by atoms with Crippen LogP contribution in [0.1, 0.15) is 47.1 Å². The van der Waals surface area contributed by atoms with Crippen LogP contribution < -0.4 is 16.0 Å². The van der Waals surface area contributed by atoms with Gasteiger partial charge in [-0.2, -0.15) is 0 Å². The van der Waals surface area contributed by atoms with Gasteiger partial charge in [0.25, 0.3) is 0 Å². The Morgan fingerprint density at radius 2 is 1.23 bits per heavy atom. The summed E-state index contributed by atoms with van der Waals surface area (Å²) < 4.78 is 16.2. The lowest BCUT2D eigenvalue weighted by atomic mass is 10.1. The summed E-state index contributed by atoms with van der Waals surface area (Å²) in [6.07, 6.45) is -1.63. The number of halogens is 2. The van der Waals surface area contributed by atoms with E-state index in [9.17, 15) is 24.0 Å². The summed E-state index contributed by atoms with van der Waals surface area (Å²) in [6, 6.07) is 17.5. The van der Waals surface area contributed by atoms with Crippen LogP contribution in [-0.2, 0) is 30.4 Å². The number of hydrogen-bond acceptors (Lipinski definition) is 11. The molecule has 2 fully saturated rings. The number of anilines is 2. The monoisotopic (exact) mass is 814 g/mol. The fourth-order valence-corrected chi connectivity index (χ4v) is 5.64. The summed E-state index contributed by atoms with van der Waals surface area (Å²) in [5, 5.41) is 8.93. The van der Waals surface area contributed by atoms with Crippen molar-refractivity contribution in [1.82, 2.24) is 30.0 Å².